The van der Waals surface area contributed by atoms with Gasteiger partial charge in [0.2, 0.25) is 0 Å². The van der Waals surface area contributed by atoms with Crippen LogP contribution in [0.5, 0.6) is 0 Å². The molecule has 4 rings (SSSR count). The van der Waals surface area contributed by atoms with Crippen molar-refractivity contribution in [1.82, 2.24) is 14.5 Å². The summed E-state index contributed by atoms with van der Waals surface area (Å²) in [5.74, 6) is 1.13. The molecule has 0 saturated carbocycles. The van der Waals surface area contributed by atoms with Gasteiger partial charge in [-0.3, -0.25) is 14.2 Å². The third-order valence-corrected chi connectivity index (χ3v) is 6.79. The van der Waals surface area contributed by atoms with E-state index in [1.54, 1.807) is 33.2 Å². The summed E-state index contributed by atoms with van der Waals surface area (Å²) in [6, 6.07) is 3.58. The molecule has 1 amide bonds. The molecule has 6 nitrogen and oxygen atoms in total. The largest absolute Gasteiger partial charge is 0.456 e. The Morgan fingerprint density at radius 1 is 1.34 bits per heavy atom. The van der Waals surface area contributed by atoms with Crippen LogP contribution in [0.1, 0.15) is 65.9 Å². The van der Waals surface area contributed by atoms with Crippen molar-refractivity contribution in [3.8, 4) is 0 Å². The smallest absolute Gasteiger partial charge is 0.289 e. The molecule has 1 atom stereocenters. The summed E-state index contributed by atoms with van der Waals surface area (Å²) in [7, 11) is 0. The number of carbonyl (C=O) groups excluding carboxylic acids is 1. The first-order valence-electron chi connectivity index (χ1n) is 10.4. The highest BCUT2D eigenvalue weighted by atomic mass is 32.1. The van der Waals surface area contributed by atoms with Crippen LogP contribution in [-0.4, -0.2) is 33.4 Å². The summed E-state index contributed by atoms with van der Waals surface area (Å²) in [6.07, 6.45) is 6.00. The van der Waals surface area contributed by atoms with Crippen LogP contribution in [0.25, 0.3) is 10.2 Å². The van der Waals surface area contributed by atoms with Gasteiger partial charge in [-0.15, -0.1) is 11.3 Å². The van der Waals surface area contributed by atoms with E-state index < -0.39 is 0 Å². The molecule has 3 aromatic heterocycles. The Kier molecular flexibility index (Phi) is 5.58. The van der Waals surface area contributed by atoms with Crippen molar-refractivity contribution < 1.29 is 9.21 Å². The quantitative estimate of drug-likeness (QED) is 0.624. The standard InChI is InChI=1S/C22H27N3O3S/c1-4-7-16-9-10-18(28-16)21(26)24-11-6-8-15(12-24)25-13-23-20-19(22(25)27)17(5-2)14(3)29-20/h9-10,13,15H,4-8,11-12H2,1-3H3/t15-/m1/s1. The van der Waals surface area contributed by atoms with Crippen LogP contribution < -0.4 is 5.56 Å². The van der Waals surface area contributed by atoms with Gasteiger partial charge < -0.3 is 9.32 Å². The van der Waals surface area contributed by atoms with Gasteiger partial charge in [0.05, 0.1) is 17.8 Å². The van der Waals surface area contributed by atoms with Gasteiger partial charge >= 0.3 is 0 Å². The SMILES string of the molecule is CCCc1ccc(C(=O)N2CCC[C@@H](n3cnc4sc(C)c(CC)c4c3=O)C2)o1. The predicted molar refractivity (Wildman–Crippen MR) is 115 cm³/mol. The maximum atomic E-state index is 13.3. The monoisotopic (exact) mass is 413 g/mol. The number of nitrogens with zero attached hydrogens (tertiary/aromatic N) is 3. The predicted octanol–water partition coefficient (Wildman–Crippen LogP) is 4.35. The highest BCUT2D eigenvalue weighted by Gasteiger charge is 2.28. The summed E-state index contributed by atoms with van der Waals surface area (Å²) >= 11 is 1.58. The number of furan rings is 1. The zero-order chi connectivity index (χ0) is 20.5. The topological polar surface area (TPSA) is 68.3 Å². The van der Waals surface area contributed by atoms with E-state index in [9.17, 15) is 9.59 Å². The molecular formula is C22H27N3O3S. The lowest BCUT2D eigenvalue weighted by Crippen LogP contribution is -2.42. The minimum Gasteiger partial charge on any atom is -0.456 e. The van der Waals surface area contributed by atoms with Crippen molar-refractivity contribution in [2.75, 3.05) is 13.1 Å². The molecule has 1 fully saturated rings. The molecule has 4 heterocycles. The number of hydrogen-bond donors (Lipinski definition) is 0. The number of likely N-dealkylation sites (tertiary alicyclic amines) is 1. The summed E-state index contributed by atoms with van der Waals surface area (Å²) < 4.78 is 7.46. The van der Waals surface area contributed by atoms with Crippen LogP contribution in [0.2, 0.25) is 0 Å². The van der Waals surface area contributed by atoms with Crippen molar-refractivity contribution in [3.05, 3.63) is 50.8 Å². The van der Waals surface area contributed by atoms with Crippen molar-refractivity contribution in [3.63, 3.8) is 0 Å². The number of aromatic nitrogens is 2. The van der Waals surface area contributed by atoms with Gasteiger partial charge in [0, 0.05) is 24.4 Å². The highest BCUT2D eigenvalue weighted by Crippen LogP contribution is 2.28. The fraction of sp³-hybridized carbons (Fsp3) is 0.500. The molecule has 0 unspecified atom stereocenters. The van der Waals surface area contributed by atoms with Gasteiger partial charge in [0.25, 0.3) is 11.5 Å². The van der Waals surface area contributed by atoms with Gasteiger partial charge in [-0.05, 0) is 50.3 Å². The Hall–Kier alpha value is -2.41. The Morgan fingerprint density at radius 3 is 2.93 bits per heavy atom. The van der Waals surface area contributed by atoms with Gasteiger partial charge in [0.1, 0.15) is 10.6 Å². The fourth-order valence-corrected chi connectivity index (χ4v) is 5.32. The number of fused-ring (bicyclic) bond motifs is 1. The Labute approximate surface area is 174 Å². The Balaban J connectivity index is 1.60. The summed E-state index contributed by atoms with van der Waals surface area (Å²) in [5, 5.41) is 0.746. The minimum atomic E-state index is -0.0974. The molecule has 1 aliphatic heterocycles. The first-order chi connectivity index (χ1) is 14.0. The first kappa shape index (κ1) is 19.9. The normalized spacial score (nSPS) is 17.2. The number of thiophene rings is 1. The lowest BCUT2D eigenvalue weighted by Gasteiger charge is -2.33. The van der Waals surface area contributed by atoms with Crippen molar-refractivity contribution in [2.24, 2.45) is 0 Å². The van der Waals surface area contributed by atoms with Crippen LogP contribution in [-0.2, 0) is 12.8 Å². The number of piperidine rings is 1. The van der Waals surface area contributed by atoms with Gasteiger partial charge in [0.15, 0.2) is 5.76 Å². The Morgan fingerprint density at radius 2 is 2.17 bits per heavy atom. The van der Waals surface area contributed by atoms with Crippen molar-refractivity contribution >= 4 is 27.5 Å². The third kappa shape index (κ3) is 3.64. The molecule has 0 aromatic carbocycles. The summed E-state index contributed by atoms with van der Waals surface area (Å²) in [4.78, 5) is 34.5. The number of hydrogen-bond acceptors (Lipinski definition) is 5. The maximum Gasteiger partial charge on any atom is 0.289 e. The summed E-state index contributed by atoms with van der Waals surface area (Å²) in [5.41, 5.74) is 1.11. The lowest BCUT2D eigenvalue weighted by molar-refractivity contribution is 0.0643. The molecule has 7 heteroatoms. The summed E-state index contributed by atoms with van der Waals surface area (Å²) in [6.45, 7) is 7.39. The number of rotatable bonds is 5. The molecule has 0 N–H and O–H groups in total. The van der Waals surface area contributed by atoms with E-state index in [0.29, 0.717) is 18.8 Å². The third-order valence-electron chi connectivity index (χ3n) is 5.74. The van der Waals surface area contributed by atoms with Crippen LogP contribution in [0.4, 0.5) is 0 Å². The zero-order valence-corrected chi connectivity index (χ0v) is 18.1. The van der Waals surface area contributed by atoms with Crippen molar-refractivity contribution in [2.45, 2.75) is 58.9 Å². The number of aryl methyl sites for hydroxylation is 3. The van der Waals surface area contributed by atoms with Gasteiger partial charge in [-0.25, -0.2) is 4.98 Å². The molecule has 0 aliphatic carbocycles. The van der Waals surface area contributed by atoms with Gasteiger partial charge in [-0.1, -0.05) is 13.8 Å². The molecule has 154 valence electrons. The molecule has 29 heavy (non-hydrogen) atoms. The van der Waals surface area contributed by atoms with E-state index in [1.807, 2.05) is 13.0 Å². The van der Waals surface area contributed by atoms with E-state index in [2.05, 4.69) is 18.8 Å². The lowest BCUT2D eigenvalue weighted by atomic mass is 10.0. The van der Waals surface area contributed by atoms with E-state index in [0.717, 1.165) is 58.5 Å². The number of carbonyl (C=O) groups is 1. The van der Waals surface area contributed by atoms with Crippen LogP contribution in [0.15, 0.2) is 27.7 Å². The second kappa shape index (κ2) is 8.14. The van der Waals surface area contributed by atoms with Crippen LogP contribution >= 0.6 is 11.3 Å². The average molecular weight is 414 g/mol. The van der Waals surface area contributed by atoms with E-state index >= 15 is 0 Å². The molecule has 0 radical (unpaired) electrons. The van der Waals surface area contributed by atoms with E-state index in [1.165, 1.54) is 0 Å². The molecule has 3 aromatic rings. The second-order valence-electron chi connectivity index (χ2n) is 7.69. The Bertz CT molecular complexity index is 1090. The fourth-order valence-electron chi connectivity index (χ4n) is 4.25. The number of amides is 1. The zero-order valence-electron chi connectivity index (χ0n) is 17.2. The highest BCUT2D eigenvalue weighted by molar-refractivity contribution is 7.18. The van der Waals surface area contributed by atoms with Gasteiger partial charge in [-0.2, -0.15) is 0 Å². The molecular weight excluding hydrogens is 386 g/mol. The molecule has 1 aliphatic rings. The second-order valence-corrected chi connectivity index (χ2v) is 8.89. The first-order valence-corrected chi connectivity index (χ1v) is 11.2. The van der Waals surface area contributed by atoms with E-state index in [4.69, 9.17) is 4.42 Å². The molecule has 0 bridgehead atoms. The van der Waals surface area contributed by atoms with Crippen LogP contribution in [0, 0.1) is 6.92 Å². The van der Waals surface area contributed by atoms with Crippen LogP contribution in [0.3, 0.4) is 0 Å². The molecule has 0 spiro atoms. The van der Waals surface area contributed by atoms with E-state index in [-0.39, 0.29) is 17.5 Å². The van der Waals surface area contributed by atoms with Crippen molar-refractivity contribution in [1.29, 1.82) is 0 Å². The average Bonchev–Trinajstić information content (AvgIpc) is 3.32. The molecule has 1 saturated heterocycles. The minimum absolute atomic E-state index is 0.0127. The maximum absolute atomic E-state index is 13.3.